The largest absolute Gasteiger partial charge is 0.493 e. The van der Waals surface area contributed by atoms with E-state index in [1.807, 2.05) is 43.3 Å². The van der Waals surface area contributed by atoms with Crippen LogP contribution < -0.4 is 24.4 Å². The zero-order valence-electron chi connectivity index (χ0n) is 22.2. The molecule has 5 rings (SSSR count). The van der Waals surface area contributed by atoms with E-state index in [2.05, 4.69) is 0 Å². The number of benzene rings is 3. The number of halogens is 1. The molecule has 0 aliphatic carbocycles. The summed E-state index contributed by atoms with van der Waals surface area (Å²) in [5.74, 6) is 0.130. The number of carbonyl (C=O) groups excluding carboxylic acids is 1. The second-order valence-corrected chi connectivity index (χ2v) is 9.84. The van der Waals surface area contributed by atoms with Crippen LogP contribution in [0.4, 0.5) is 4.39 Å². The van der Waals surface area contributed by atoms with Crippen LogP contribution in [-0.4, -0.2) is 30.9 Å². The lowest BCUT2D eigenvalue weighted by Gasteiger charge is -2.25. The minimum absolute atomic E-state index is 0.143. The van der Waals surface area contributed by atoms with Gasteiger partial charge in [0.25, 0.3) is 5.56 Å². The highest BCUT2D eigenvalue weighted by atomic mass is 32.1. The highest BCUT2D eigenvalue weighted by molar-refractivity contribution is 7.07. The monoisotopic (exact) mass is 558 g/mol. The molecule has 1 aliphatic heterocycles. The van der Waals surface area contributed by atoms with E-state index in [1.165, 1.54) is 28.0 Å². The van der Waals surface area contributed by atoms with Crippen molar-refractivity contribution in [3.8, 4) is 11.5 Å². The minimum atomic E-state index is -0.872. The lowest BCUT2D eigenvalue weighted by atomic mass is 9.93. The summed E-state index contributed by atoms with van der Waals surface area (Å²) in [6.45, 7) is 4.24. The molecule has 4 aromatic rings. The SMILES string of the molecule is CCOC(=O)C1=C(c2ccccc2)N=c2sc(=Cc3ccc(OCC)c(OC)c3)c(=O)n2C1c1ccc(F)cc1. The molecule has 0 radical (unpaired) electrons. The molecule has 40 heavy (non-hydrogen) atoms. The summed E-state index contributed by atoms with van der Waals surface area (Å²) in [6.07, 6.45) is 1.75. The molecule has 0 N–H and O–H groups in total. The van der Waals surface area contributed by atoms with Crippen molar-refractivity contribution in [3.05, 3.63) is 121 Å². The van der Waals surface area contributed by atoms with E-state index in [4.69, 9.17) is 19.2 Å². The van der Waals surface area contributed by atoms with Gasteiger partial charge in [-0.15, -0.1) is 0 Å². The summed E-state index contributed by atoms with van der Waals surface area (Å²) in [5, 5.41) is 0. The minimum Gasteiger partial charge on any atom is -0.493 e. The van der Waals surface area contributed by atoms with Crippen LogP contribution >= 0.6 is 11.3 Å². The molecule has 0 fully saturated rings. The molecule has 1 aromatic heterocycles. The first-order valence-corrected chi connectivity index (χ1v) is 13.6. The van der Waals surface area contributed by atoms with Crippen LogP contribution in [0.5, 0.6) is 11.5 Å². The van der Waals surface area contributed by atoms with Crippen molar-refractivity contribution in [2.45, 2.75) is 19.9 Å². The van der Waals surface area contributed by atoms with Gasteiger partial charge in [-0.25, -0.2) is 14.2 Å². The average Bonchev–Trinajstić information content (AvgIpc) is 3.28. The van der Waals surface area contributed by atoms with Gasteiger partial charge in [-0.3, -0.25) is 9.36 Å². The molecule has 1 aliphatic rings. The first-order valence-electron chi connectivity index (χ1n) is 12.8. The van der Waals surface area contributed by atoms with Gasteiger partial charge in [0, 0.05) is 5.56 Å². The Hall–Kier alpha value is -4.50. The average molecular weight is 559 g/mol. The van der Waals surface area contributed by atoms with E-state index in [-0.39, 0.29) is 17.7 Å². The van der Waals surface area contributed by atoms with E-state index in [0.717, 1.165) is 5.56 Å². The summed E-state index contributed by atoms with van der Waals surface area (Å²) >= 11 is 1.21. The van der Waals surface area contributed by atoms with Crippen LogP contribution in [0, 0.1) is 5.82 Å². The van der Waals surface area contributed by atoms with Gasteiger partial charge in [-0.05, 0) is 55.3 Å². The van der Waals surface area contributed by atoms with E-state index in [9.17, 15) is 14.0 Å². The van der Waals surface area contributed by atoms with E-state index < -0.39 is 17.8 Å². The van der Waals surface area contributed by atoms with Gasteiger partial charge >= 0.3 is 5.97 Å². The van der Waals surface area contributed by atoms with E-state index >= 15 is 0 Å². The predicted molar refractivity (Wildman–Crippen MR) is 152 cm³/mol. The Morgan fingerprint density at radius 1 is 1.02 bits per heavy atom. The number of ether oxygens (including phenoxy) is 3. The van der Waals surface area contributed by atoms with Gasteiger partial charge < -0.3 is 14.2 Å². The fraction of sp³-hybridized carbons (Fsp3) is 0.194. The topological polar surface area (TPSA) is 79.1 Å². The fourth-order valence-corrected chi connectivity index (χ4v) is 5.60. The number of nitrogens with zero attached hydrogens (tertiary/aromatic N) is 2. The molecule has 2 heterocycles. The molecule has 7 nitrogen and oxygen atoms in total. The molecule has 0 spiro atoms. The normalized spacial score (nSPS) is 14.9. The number of aromatic nitrogens is 1. The number of hydrogen-bond donors (Lipinski definition) is 0. The summed E-state index contributed by atoms with van der Waals surface area (Å²) in [6, 6.07) is 19.6. The molecule has 9 heteroatoms. The Labute approximate surface area is 234 Å². The lowest BCUT2D eigenvalue weighted by Crippen LogP contribution is -2.40. The van der Waals surface area contributed by atoms with Crippen molar-refractivity contribution in [2.24, 2.45) is 4.99 Å². The molecule has 0 saturated carbocycles. The Morgan fingerprint density at radius 2 is 1.77 bits per heavy atom. The third-order valence-corrected chi connectivity index (χ3v) is 7.33. The molecule has 3 aromatic carbocycles. The maximum absolute atomic E-state index is 13.9. The third kappa shape index (κ3) is 5.20. The van der Waals surface area contributed by atoms with Crippen molar-refractivity contribution in [1.82, 2.24) is 4.57 Å². The predicted octanol–water partition coefficient (Wildman–Crippen LogP) is 4.48. The first-order chi connectivity index (χ1) is 19.4. The Morgan fingerprint density at radius 3 is 2.45 bits per heavy atom. The lowest BCUT2D eigenvalue weighted by molar-refractivity contribution is -0.138. The van der Waals surface area contributed by atoms with E-state index in [0.29, 0.717) is 44.3 Å². The van der Waals surface area contributed by atoms with Crippen LogP contribution in [-0.2, 0) is 9.53 Å². The Kier molecular flexibility index (Phi) is 7.93. The van der Waals surface area contributed by atoms with Crippen molar-refractivity contribution in [3.63, 3.8) is 0 Å². The number of rotatable bonds is 8. The zero-order valence-corrected chi connectivity index (χ0v) is 23.0. The Balaban J connectivity index is 1.77. The summed E-state index contributed by atoms with van der Waals surface area (Å²) in [5.41, 5.74) is 2.27. The van der Waals surface area contributed by atoms with Crippen molar-refractivity contribution in [2.75, 3.05) is 20.3 Å². The molecule has 1 atom stereocenters. The summed E-state index contributed by atoms with van der Waals surface area (Å²) < 4.78 is 32.3. The molecule has 0 bridgehead atoms. The number of methoxy groups -OCH3 is 1. The number of hydrogen-bond acceptors (Lipinski definition) is 7. The highest BCUT2D eigenvalue weighted by Gasteiger charge is 2.35. The molecule has 0 saturated heterocycles. The quantitative estimate of drug-likeness (QED) is 0.298. The molecular weight excluding hydrogens is 531 g/mol. The smallest absolute Gasteiger partial charge is 0.338 e. The van der Waals surface area contributed by atoms with Gasteiger partial charge in [-0.1, -0.05) is 59.9 Å². The van der Waals surface area contributed by atoms with Gasteiger partial charge in [-0.2, -0.15) is 0 Å². The van der Waals surface area contributed by atoms with Crippen molar-refractivity contribution >= 4 is 29.1 Å². The zero-order chi connectivity index (χ0) is 28.2. The van der Waals surface area contributed by atoms with Gasteiger partial charge in [0.1, 0.15) is 5.82 Å². The van der Waals surface area contributed by atoms with Crippen LogP contribution in [0.25, 0.3) is 11.8 Å². The molecule has 0 amide bonds. The number of fused-ring (bicyclic) bond motifs is 1. The van der Waals surface area contributed by atoms with E-state index in [1.54, 1.807) is 44.4 Å². The second-order valence-electron chi connectivity index (χ2n) is 8.83. The fourth-order valence-electron chi connectivity index (χ4n) is 4.60. The molecule has 204 valence electrons. The second kappa shape index (κ2) is 11.7. The maximum atomic E-state index is 13.9. The van der Waals surface area contributed by atoms with Crippen LogP contribution in [0.3, 0.4) is 0 Å². The van der Waals surface area contributed by atoms with Gasteiger partial charge in [0.2, 0.25) is 0 Å². The molecule has 1 unspecified atom stereocenters. The van der Waals surface area contributed by atoms with Crippen molar-refractivity contribution < 1.29 is 23.4 Å². The van der Waals surface area contributed by atoms with Crippen molar-refractivity contribution in [1.29, 1.82) is 0 Å². The van der Waals surface area contributed by atoms with Crippen LogP contribution in [0.15, 0.2) is 88.2 Å². The number of carbonyl (C=O) groups is 1. The highest BCUT2D eigenvalue weighted by Crippen LogP contribution is 2.35. The Bertz CT molecular complexity index is 1760. The molecular formula is C31H27FN2O5S. The number of esters is 1. The summed E-state index contributed by atoms with van der Waals surface area (Å²) in [4.78, 5) is 32.6. The summed E-state index contributed by atoms with van der Waals surface area (Å²) in [7, 11) is 1.56. The van der Waals surface area contributed by atoms with Gasteiger partial charge in [0.15, 0.2) is 16.3 Å². The van der Waals surface area contributed by atoms with Crippen LogP contribution in [0.2, 0.25) is 0 Å². The maximum Gasteiger partial charge on any atom is 0.338 e. The first kappa shape index (κ1) is 27.1. The van der Waals surface area contributed by atoms with Gasteiger partial charge in [0.05, 0.1) is 42.2 Å². The number of thiazole rings is 1. The third-order valence-electron chi connectivity index (χ3n) is 6.34. The standard InChI is InChI=1S/C31H27FN2O5S/c1-4-38-23-16-11-19(17-24(23)37-3)18-25-29(35)34-28(21-12-14-22(32)15-13-21)26(30(36)39-5-2)27(33-31(34)40-25)20-9-7-6-8-10-20/h6-18,28H,4-5H2,1-3H3. The van der Waals surface area contributed by atoms with Crippen LogP contribution in [0.1, 0.15) is 36.6 Å².